The molecule has 0 radical (unpaired) electrons. The smallest absolute Gasteiger partial charge is 0.226 e. The Morgan fingerprint density at radius 3 is 2.41 bits per heavy atom. The minimum absolute atomic E-state index is 0.0888. The van der Waals surface area contributed by atoms with Crippen LogP contribution in [-0.2, 0) is 9.59 Å². The molecule has 0 unspecified atom stereocenters. The lowest BCUT2D eigenvalue weighted by Crippen LogP contribution is -2.53. The van der Waals surface area contributed by atoms with Gasteiger partial charge in [0.15, 0.2) is 0 Å². The standard InChI is InChI=1S/C22H27N3O2/c23-14-15-3-1-4-19(10-15)25-20(26)5-2-6-24-21(27)22-11-16-7-17(12-22)9-18(8-16)13-22/h1,3-4,10,16-18H,2,5-9,11-13H2,(H,24,27)(H,25,26). The van der Waals surface area contributed by atoms with Gasteiger partial charge in [0.05, 0.1) is 11.6 Å². The fourth-order valence-electron chi connectivity index (χ4n) is 5.92. The molecule has 1 aromatic carbocycles. The maximum atomic E-state index is 12.9. The number of hydrogen-bond acceptors (Lipinski definition) is 3. The van der Waals surface area contributed by atoms with Crippen LogP contribution in [0.25, 0.3) is 0 Å². The van der Waals surface area contributed by atoms with Gasteiger partial charge in [0.2, 0.25) is 11.8 Å². The van der Waals surface area contributed by atoms with Crippen LogP contribution in [0.15, 0.2) is 24.3 Å². The minimum atomic E-state index is -0.116. The first-order chi connectivity index (χ1) is 13.1. The van der Waals surface area contributed by atoms with E-state index in [1.165, 1.54) is 19.3 Å². The first kappa shape index (κ1) is 18.0. The van der Waals surface area contributed by atoms with Crippen molar-refractivity contribution in [2.45, 2.75) is 51.4 Å². The van der Waals surface area contributed by atoms with E-state index in [1.807, 2.05) is 0 Å². The van der Waals surface area contributed by atoms with E-state index in [0.29, 0.717) is 30.6 Å². The molecule has 0 heterocycles. The second-order valence-corrected chi connectivity index (χ2v) is 8.80. The van der Waals surface area contributed by atoms with E-state index in [-0.39, 0.29) is 17.2 Å². The molecule has 0 atom stereocenters. The summed E-state index contributed by atoms with van der Waals surface area (Å²) in [5.74, 6) is 2.42. The third-order valence-electron chi connectivity index (χ3n) is 6.66. The number of amides is 2. The molecule has 4 fully saturated rings. The third-order valence-corrected chi connectivity index (χ3v) is 6.66. The molecule has 2 amide bonds. The number of rotatable bonds is 6. The molecular formula is C22H27N3O2. The van der Waals surface area contributed by atoms with E-state index in [1.54, 1.807) is 24.3 Å². The molecule has 0 spiro atoms. The van der Waals surface area contributed by atoms with Gasteiger partial charge < -0.3 is 10.6 Å². The molecule has 4 bridgehead atoms. The Hall–Kier alpha value is -2.35. The third kappa shape index (κ3) is 3.85. The van der Waals surface area contributed by atoms with E-state index in [2.05, 4.69) is 16.7 Å². The zero-order valence-electron chi connectivity index (χ0n) is 15.7. The second kappa shape index (κ2) is 7.34. The molecule has 0 aromatic heterocycles. The summed E-state index contributed by atoms with van der Waals surface area (Å²) in [6.45, 7) is 0.548. The topological polar surface area (TPSA) is 82.0 Å². The summed E-state index contributed by atoms with van der Waals surface area (Å²) in [5, 5.41) is 14.8. The van der Waals surface area contributed by atoms with Crippen molar-refractivity contribution in [2.75, 3.05) is 11.9 Å². The van der Waals surface area contributed by atoms with Gasteiger partial charge in [0.25, 0.3) is 0 Å². The minimum Gasteiger partial charge on any atom is -0.356 e. The molecule has 0 saturated heterocycles. The van der Waals surface area contributed by atoms with E-state index >= 15 is 0 Å². The Kier molecular flexibility index (Phi) is 4.90. The number of nitrogens with zero attached hydrogens (tertiary/aromatic N) is 1. The average Bonchev–Trinajstić information content (AvgIpc) is 2.64. The molecule has 1 aromatic rings. The van der Waals surface area contributed by atoms with Gasteiger partial charge in [-0.05, 0) is 80.9 Å². The number of nitriles is 1. The predicted octanol–water partition coefficient (Wildman–Crippen LogP) is 3.61. The molecular weight excluding hydrogens is 338 g/mol. The zero-order valence-corrected chi connectivity index (χ0v) is 15.7. The van der Waals surface area contributed by atoms with Gasteiger partial charge in [0.1, 0.15) is 0 Å². The van der Waals surface area contributed by atoms with Crippen molar-refractivity contribution in [1.29, 1.82) is 5.26 Å². The Labute approximate surface area is 160 Å². The summed E-state index contributed by atoms with van der Waals surface area (Å²) < 4.78 is 0. The lowest BCUT2D eigenvalue weighted by Gasteiger charge is -2.55. The van der Waals surface area contributed by atoms with E-state index in [9.17, 15) is 9.59 Å². The van der Waals surface area contributed by atoms with Gasteiger partial charge in [-0.1, -0.05) is 6.07 Å². The first-order valence-corrected chi connectivity index (χ1v) is 10.1. The van der Waals surface area contributed by atoms with Crippen molar-refractivity contribution in [1.82, 2.24) is 5.32 Å². The van der Waals surface area contributed by atoms with Gasteiger partial charge in [-0.2, -0.15) is 5.26 Å². The highest BCUT2D eigenvalue weighted by Crippen LogP contribution is 2.60. The van der Waals surface area contributed by atoms with Gasteiger partial charge in [-0.15, -0.1) is 0 Å². The largest absolute Gasteiger partial charge is 0.356 e. The van der Waals surface area contributed by atoms with Gasteiger partial charge in [-0.25, -0.2) is 0 Å². The van der Waals surface area contributed by atoms with Gasteiger partial charge in [0, 0.05) is 24.1 Å². The molecule has 5 heteroatoms. The normalized spacial score (nSPS) is 30.6. The number of carbonyl (C=O) groups is 2. The Balaban J connectivity index is 1.21. The van der Waals surface area contributed by atoms with Crippen LogP contribution in [0.4, 0.5) is 5.69 Å². The van der Waals surface area contributed by atoms with E-state index in [4.69, 9.17) is 5.26 Å². The fourth-order valence-corrected chi connectivity index (χ4v) is 5.92. The molecule has 4 saturated carbocycles. The Morgan fingerprint density at radius 1 is 1.11 bits per heavy atom. The highest BCUT2D eigenvalue weighted by Gasteiger charge is 2.54. The summed E-state index contributed by atoms with van der Waals surface area (Å²) in [6, 6.07) is 8.95. The number of benzene rings is 1. The van der Waals surface area contributed by atoms with Crippen molar-refractivity contribution in [3.05, 3.63) is 29.8 Å². The molecule has 4 aliphatic carbocycles. The lowest BCUT2D eigenvalue weighted by atomic mass is 9.49. The summed E-state index contributed by atoms with van der Waals surface area (Å²) in [4.78, 5) is 24.9. The van der Waals surface area contributed by atoms with Crippen molar-refractivity contribution in [2.24, 2.45) is 23.2 Å². The lowest BCUT2D eigenvalue weighted by molar-refractivity contribution is -0.146. The fraction of sp³-hybridized carbons (Fsp3) is 0.591. The van der Waals surface area contributed by atoms with Gasteiger partial charge in [-0.3, -0.25) is 9.59 Å². The predicted molar refractivity (Wildman–Crippen MR) is 103 cm³/mol. The quantitative estimate of drug-likeness (QED) is 0.756. The van der Waals surface area contributed by atoms with Crippen molar-refractivity contribution >= 4 is 17.5 Å². The second-order valence-electron chi connectivity index (χ2n) is 8.80. The Morgan fingerprint density at radius 2 is 1.78 bits per heavy atom. The summed E-state index contributed by atoms with van der Waals surface area (Å²) in [5.41, 5.74) is 1.04. The van der Waals surface area contributed by atoms with Crippen LogP contribution in [0.2, 0.25) is 0 Å². The monoisotopic (exact) mass is 365 g/mol. The number of nitrogens with one attached hydrogen (secondary N) is 2. The van der Waals surface area contributed by atoms with Crippen LogP contribution in [0.1, 0.15) is 56.9 Å². The molecule has 5 nitrogen and oxygen atoms in total. The van der Waals surface area contributed by atoms with Crippen molar-refractivity contribution in [3.63, 3.8) is 0 Å². The van der Waals surface area contributed by atoms with Crippen molar-refractivity contribution in [3.8, 4) is 6.07 Å². The highest BCUT2D eigenvalue weighted by molar-refractivity contribution is 5.91. The number of carbonyl (C=O) groups excluding carboxylic acids is 2. The van der Waals surface area contributed by atoms with Crippen LogP contribution in [0, 0.1) is 34.5 Å². The molecule has 2 N–H and O–H groups in total. The SMILES string of the molecule is N#Cc1cccc(NC(=O)CCCNC(=O)C23CC4CC(CC(C4)C2)C3)c1. The molecule has 0 aliphatic heterocycles. The van der Waals surface area contributed by atoms with Crippen molar-refractivity contribution < 1.29 is 9.59 Å². The molecule has 4 aliphatic rings. The highest BCUT2D eigenvalue weighted by atomic mass is 16.2. The van der Waals surface area contributed by atoms with Gasteiger partial charge >= 0.3 is 0 Å². The maximum absolute atomic E-state index is 12.9. The molecule has 5 rings (SSSR count). The Bertz CT molecular complexity index is 745. The van der Waals surface area contributed by atoms with Crippen LogP contribution < -0.4 is 10.6 Å². The van der Waals surface area contributed by atoms with E-state index in [0.717, 1.165) is 37.0 Å². The number of hydrogen-bond donors (Lipinski definition) is 2. The molecule has 27 heavy (non-hydrogen) atoms. The number of anilines is 1. The van der Waals surface area contributed by atoms with Crippen LogP contribution in [0.3, 0.4) is 0 Å². The average molecular weight is 365 g/mol. The zero-order chi connectivity index (χ0) is 18.9. The summed E-state index contributed by atoms with van der Waals surface area (Å²) in [7, 11) is 0. The van der Waals surface area contributed by atoms with E-state index < -0.39 is 0 Å². The summed E-state index contributed by atoms with van der Waals surface area (Å²) in [6.07, 6.45) is 8.20. The maximum Gasteiger partial charge on any atom is 0.226 e. The summed E-state index contributed by atoms with van der Waals surface area (Å²) >= 11 is 0. The van der Waals surface area contributed by atoms with Crippen LogP contribution in [-0.4, -0.2) is 18.4 Å². The first-order valence-electron chi connectivity index (χ1n) is 10.1. The molecule has 142 valence electrons. The van der Waals surface area contributed by atoms with Crippen LogP contribution in [0.5, 0.6) is 0 Å². The van der Waals surface area contributed by atoms with Crippen LogP contribution >= 0.6 is 0 Å².